The molecule has 1 aromatic heterocycles. The highest BCUT2D eigenvalue weighted by molar-refractivity contribution is 7.13. The van der Waals surface area contributed by atoms with Crippen molar-refractivity contribution in [3.8, 4) is 16.3 Å². The summed E-state index contributed by atoms with van der Waals surface area (Å²) >= 11 is 1.46. The van der Waals surface area contributed by atoms with Crippen LogP contribution in [0.4, 0.5) is 0 Å². The van der Waals surface area contributed by atoms with Crippen LogP contribution in [0.15, 0.2) is 47.8 Å². The Morgan fingerprint density at radius 2 is 1.92 bits per heavy atom. The summed E-state index contributed by atoms with van der Waals surface area (Å²) in [6.45, 7) is 4.64. The van der Waals surface area contributed by atoms with Gasteiger partial charge >= 0.3 is 5.97 Å². The lowest BCUT2D eigenvalue weighted by Gasteiger charge is -2.11. The molecule has 0 aliphatic rings. The molecule has 0 spiro atoms. The van der Waals surface area contributed by atoms with Crippen LogP contribution in [0, 0.1) is 13.8 Å². The zero-order chi connectivity index (χ0) is 17.8. The van der Waals surface area contributed by atoms with E-state index in [2.05, 4.69) is 24.9 Å². The van der Waals surface area contributed by atoms with Gasteiger partial charge < -0.3 is 9.84 Å². The van der Waals surface area contributed by atoms with Gasteiger partial charge in [0.2, 0.25) is 0 Å². The first-order valence-electron chi connectivity index (χ1n) is 7.97. The molecule has 3 rings (SSSR count). The topological polar surface area (TPSA) is 59.4 Å². The molecule has 1 heterocycles. The first-order chi connectivity index (χ1) is 12.0. The average molecular weight is 353 g/mol. The van der Waals surface area contributed by atoms with Gasteiger partial charge in [-0.25, -0.2) is 4.98 Å². The predicted octanol–water partition coefficient (Wildman–Crippen LogP) is 4.63. The number of hydrogen-bond donors (Lipinski definition) is 1. The smallest absolute Gasteiger partial charge is 0.309 e. The van der Waals surface area contributed by atoms with E-state index in [0.29, 0.717) is 12.3 Å². The molecule has 0 atom stereocenters. The van der Waals surface area contributed by atoms with Crippen LogP contribution in [0.3, 0.4) is 0 Å². The summed E-state index contributed by atoms with van der Waals surface area (Å²) in [5.41, 5.74) is 5.03. The van der Waals surface area contributed by atoms with Crippen LogP contribution < -0.4 is 4.74 Å². The van der Waals surface area contributed by atoms with Crippen molar-refractivity contribution in [1.29, 1.82) is 0 Å². The zero-order valence-corrected chi connectivity index (χ0v) is 15.0. The Labute approximate surface area is 150 Å². The molecular formula is C20H19NO3S. The number of ether oxygens (including phenoxy) is 1. The highest BCUT2D eigenvalue weighted by Crippen LogP contribution is 2.25. The van der Waals surface area contributed by atoms with Crippen LogP contribution >= 0.6 is 11.3 Å². The number of aliphatic carboxylic acids is 1. The fraction of sp³-hybridized carbons (Fsp3) is 0.200. The van der Waals surface area contributed by atoms with E-state index in [9.17, 15) is 4.79 Å². The maximum absolute atomic E-state index is 10.7. The number of carboxylic acids is 1. The maximum atomic E-state index is 10.7. The van der Waals surface area contributed by atoms with Crippen molar-refractivity contribution in [2.24, 2.45) is 0 Å². The fourth-order valence-corrected chi connectivity index (χ4v) is 3.29. The Kier molecular flexibility index (Phi) is 5.14. The molecular weight excluding hydrogens is 334 g/mol. The fourth-order valence-electron chi connectivity index (χ4n) is 2.46. The number of carboxylic acid groups (broad SMARTS) is 1. The second-order valence-corrected chi connectivity index (χ2v) is 6.76. The molecule has 0 aliphatic heterocycles. The molecule has 0 bridgehead atoms. The van der Waals surface area contributed by atoms with Crippen molar-refractivity contribution >= 4 is 17.3 Å². The van der Waals surface area contributed by atoms with Gasteiger partial charge in [0.05, 0.1) is 12.1 Å². The van der Waals surface area contributed by atoms with Crippen LogP contribution in [0.25, 0.3) is 10.6 Å². The van der Waals surface area contributed by atoms with Gasteiger partial charge in [-0.3, -0.25) is 4.79 Å². The molecule has 0 fully saturated rings. The average Bonchev–Trinajstić information content (AvgIpc) is 3.04. The Bertz CT molecular complexity index is 884. The van der Waals surface area contributed by atoms with Crippen molar-refractivity contribution in [2.45, 2.75) is 26.9 Å². The minimum absolute atomic E-state index is 0.0434. The second-order valence-electron chi connectivity index (χ2n) is 5.90. The maximum Gasteiger partial charge on any atom is 0.309 e. The number of aryl methyl sites for hydroxylation is 1. The molecule has 0 amide bonds. The standard InChI is InChI=1S/C20H19NO3S/c1-13-4-3-5-18(14(13)2)24-11-15-6-8-16(9-7-15)20-21-17(12-25-20)10-19(22)23/h3-9,12H,10-11H2,1-2H3,(H,22,23). The van der Waals surface area contributed by atoms with Crippen molar-refractivity contribution in [1.82, 2.24) is 4.98 Å². The molecule has 0 aliphatic carbocycles. The number of thiazole rings is 1. The molecule has 4 nitrogen and oxygen atoms in total. The van der Waals surface area contributed by atoms with E-state index in [4.69, 9.17) is 9.84 Å². The van der Waals surface area contributed by atoms with Crippen molar-refractivity contribution < 1.29 is 14.6 Å². The van der Waals surface area contributed by atoms with Gasteiger partial charge in [-0.1, -0.05) is 36.4 Å². The monoisotopic (exact) mass is 353 g/mol. The Hall–Kier alpha value is -2.66. The molecule has 2 aromatic carbocycles. The number of aromatic nitrogens is 1. The summed E-state index contributed by atoms with van der Waals surface area (Å²) in [4.78, 5) is 15.1. The third-order valence-corrected chi connectivity index (χ3v) is 4.97. The Morgan fingerprint density at radius 3 is 2.64 bits per heavy atom. The molecule has 3 aromatic rings. The summed E-state index contributed by atoms with van der Waals surface area (Å²) in [5.74, 6) is 0.0399. The van der Waals surface area contributed by atoms with E-state index in [1.807, 2.05) is 36.4 Å². The van der Waals surface area contributed by atoms with E-state index in [0.717, 1.165) is 27.4 Å². The minimum Gasteiger partial charge on any atom is -0.489 e. The van der Waals surface area contributed by atoms with Gasteiger partial charge in [-0.15, -0.1) is 11.3 Å². The van der Waals surface area contributed by atoms with Gasteiger partial charge in [0.15, 0.2) is 0 Å². The first kappa shape index (κ1) is 17.2. The van der Waals surface area contributed by atoms with Gasteiger partial charge in [-0.2, -0.15) is 0 Å². The second kappa shape index (κ2) is 7.49. The SMILES string of the molecule is Cc1cccc(OCc2ccc(-c3nc(CC(=O)O)cs3)cc2)c1C. The third-order valence-electron chi connectivity index (χ3n) is 4.03. The van der Waals surface area contributed by atoms with Crippen LogP contribution in [-0.2, 0) is 17.8 Å². The highest BCUT2D eigenvalue weighted by atomic mass is 32.1. The number of hydrogen-bond acceptors (Lipinski definition) is 4. The molecule has 0 radical (unpaired) electrons. The number of benzene rings is 2. The zero-order valence-electron chi connectivity index (χ0n) is 14.2. The lowest BCUT2D eigenvalue weighted by atomic mass is 10.1. The molecule has 25 heavy (non-hydrogen) atoms. The molecule has 5 heteroatoms. The lowest BCUT2D eigenvalue weighted by Crippen LogP contribution is -2.00. The molecule has 0 saturated heterocycles. The summed E-state index contributed by atoms with van der Waals surface area (Å²) in [5, 5.41) is 11.4. The van der Waals surface area contributed by atoms with Gasteiger partial charge in [0, 0.05) is 10.9 Å². The van der Waals surface area contributed by atoms with Gasteiger partial charge in [0.1, 0.15) is 17.4 Å². The summed E-state index contributed by atoms with van der Waals surface area (Å²) < 4.78 is 5.92. The van der Waals surface area contributed by atoms with E-state index in [1.54, 1.807) is 5.38 Å². The Morgan fingerprint density at radius 1 is 1.16 bits per heavy atom. The molecule has 1 N–H and O–H groups in total. The van der Waals surface area contributed by atoms with Gasteiger partial charge in [-0.05, 0) is 36.6 Å². The van der Waals surface area contributed by atoms with Crippen molar-refractivity contribution in [3.63, 3.8) is 0 Å². The largest absolute Gasteiger partial charge is 0.489 e. The molecule has 0 saturated carbocycles. The van der Waals surface area contributed by atoms with Crippen LogP contribution in [0.1, 0.15) is 22.4 Å². The summed E-state index contributed by atoms with van der Waals surface area (Å²) in [7, 11) is 0. The van der Waals surface area contributed by atoms with E-state index in [-0.39, 0.29) is 6.42 Å². The number of rotatable bonds is 6. The third kappa shape index (κ3) is 4.25. The van der Waals surface area contributed by atoms with E-state index < -0.39 is 5.97 Å². The first-order valence-corrected chi connectivity index (χ1v) is 8.85. The van der Waals surface area contributed by atoms with E-state index >= 15 is 0 Å². The molecule has 128 valence electrons. The number of carbonyl (C=O) groups is 1. The normalized spacial score (nSPS) is 10.6. The van der Waals surface area contributed by atoms with Crippen molar-refractivity contribution in [3.05, 3.63) is 70.2 Å². The lowest BCUT2D eigenvalue weighted by molar-refractivity contribution is -0.136. The minimum atomic E-state index is -0.865. The van der Waals surface area contributed by atoms with Crippen LogP contribution in [0.5, 0.6) is 5.75 Å². The predicted molar refractivity (Wildman–Crippen MR) is 99.1 cm³/mol. The van der Waals surface area contributed by atoms with Crippen molar-refractivity contribution in [2.75, 3.05) is 0 Å². The summed E-state index contributed by atoms with van der Waals surface area (Å²) in [6, 6.07) is 14.1. The van der Waals surface area contributed by atoms with Crippen LogP contribution in [-0.4, -0.2) is 16.1 Å². The quantitative estimate of drug-likeness (QED) is 0.702. The molecule has 0 unspecified atom stereocenters. The number of nitrogens with zero attached hydrogens (tertiary/aromatic N) is 1. The van der Waals surface area contributed by atoms with Gasteiger partial charge in [0.25, 0.3) is 0 Å². The van der Waals surface area contributed by atoms with Crippen LogP contribution in [0.2, 0.25) is 0 Å². The van der Waals surface area contributed by atoms with E-state index in [1.165, 1.54) is 16.9 Å². The highest BCUT2D eigenvalue weighted by Gasteiger charge is 2.08. The Balaban J connectivity index is 1.67. The summed E-state index contributed by atoms with van der Waals surface area (Å²) in [6.07, 6.45) is -0.0434.